The van der Waals surface area contributed by atoms with Gasteiger partial charge in [0.15, 0.2) is 0 Å². The number of benzene rings is 1. The summed E-state index contributed by atoms with van der Waals surface area (Å²) in [4.78, 5) is 26.7. The van der Waals surface area contributed by atoms with Crippen molar-refractivity contribution in [3.63, 3.8) is 0 Å². The topological polar surface area (TPSA) is 73.1 Å². The molecule has 0 spiro atoms. The van der Waals surface area contributed by atoms with Crippen LogP contribution in [0.2, 0.25) is 0 Å². The van der Waals surface area contributed by atoms with Crippen molar-refractivity contribution in [2.24, 2.45) is 5.92 Å². The summed E-state index contributed by atoms with van der Waals surface area (Å²) in [5, 5.41) is 11.7. The minimum atomic E-state index is -0.438. The number of carbonyl (C=O) groups excluding carboxylic acids is 1. The van der Waals surface area contributed by atoms with Gasteiger partial charge in [0, 0.05) is 24.1 Å². The first kappa shape index (κ1) is 13.1. The molecule has 1 heterocycles. The first-order chi connectivity index (χ1) is 9.00. The van der Waals surface area contributed by atoms with E-state index >= 15 is 0 Å². The van der Waals surface area contributed by atoms with Gasteiger partial charge < -0.3 is 0 Å². The van der Waals surface area contributed by atoms with E-state index in [1.807, 2.05) is 0 Å². The van der Waals surface area contributed by atoms with Crippen LogP contribution in [0, 0.1) is 16.0 Å². The molecule has 0 saturated carbocycles. The van der Waals surface area contributed by atoms with Crippen molar-refractivity contribution in [1.82, 2.24) is 4.98 Å². The predicted molar refractivity (Wildman–Crippen MR) is 71.9 cm³/mol. The summed E-state index contributed by atoms with van der Waals surface area (Å²) >= 11 is 0. The molecule has 2 rings (SSSR count). The van der Waals surface area contributed by atoms with Crippen LogP contribution in [0.15, 0.2) is 30.5 Å². The highest BCUT2D eigenvalue weighted by atomic mass is 16.6. The molecule has 0 aliphatic heterocycles. The van der Waals surface area contributed by atoms with Gasteiger partial charge in [-0.3, -0.25) is 19.9 Å². The highest BCUT2D eigenvalue weighted by Gasteiger charge is 2.21. The van der Waals surface area contributed by atoms with Gasteiger partial charge in [-0.1, -0.05) is 13.8 Å². The van der Waals surface area contributed by atoms with Crippen LogP contribution in [0.5, 0.6) is 0 Å². The van der Waals surface area contributed by atoms with E-state index in [1.165, 1.54) is 0 Å². The van der Waals surface area contributed by atoms with Crippen molar-refractivity contribution >= 4 is 22.4 Å². The number of fused-ring (bicyclic) bond motifs is 1. The Morgan fingerprint density at radius 2 is 2.11 bits per heavy atom. The molecule has 0 atom stereocenters. The van der Waals surface area contributed by atoms with Gasteiger partial charge in [0.05, 0.1) is 15.8 Å². The standard InChI is InChI=1S/C14H14N2O3/c1-9(2)13(17)8-10-5-6-12-11(4-3-7-15-12)14(10)16(18)19/h3-7,9H,8H2,1-2H3. The fourth-order valence-corrected chi connectivity index (χ4v) is 1.93. The SMILES string of the molecule is CC(C)C(=O)Cc1ccc2ncccc2c1[N+](=O)[O-]. The third kappa shape index (κ3) is 2.59. The highest BCUT2D eigenvalue weighted by Crippen LogP contribution is 2.29. The van der Waals surface area contributed by atoms with E-state index in [1.54, 1.807) is 44.3 Å². The van der Waals surface area contributed by atoms with Crippen LogP contribution in [-0.2, 0) is 11.2 Å². The van der Waals surface area contributed by atoms with E-state index in [9.17, 15) is 14.9 Å². The summed E-state index contributed by atoms with van der Waals surface area (Å²) in [6, 6.07) is 6.65. The number of pyridine rings is 1. The van der Waals surface area contributed by atoms with Crippen LogP contribution in [0.4, 0.5) is 5.69 Å². The molecule has 98 valence electrons. The van der Waals surface area contributed by atoms with Gasteiger partial charge in [-0.05, 0) is 24.3 Å². The summed E-state index contributed by atoms with van der Waals surface area (Å²) in [6.45, 7) is 3.58. The quantitative estimate of drug-likeness (QED) is 0.624. The maximum Gasteiger partial charge on any atom is 0.282 e. The molecule has 0 aliphatic rings. The molecule has 5 nitrogen and oxygen atoms in total. The number of ketones is 1. The van der Waals surface area contributed by atoms with E-state index in [0.29, 0.717) is 16.5 Å². The first-order valence-corrected chi connectivity index (χ1v) is 6.04. The van der Waals surface area contributed by atoms with Crippen molar-refractivity contribution in [1.29, 1.82) is 0 Å². The number of carbonyl (C=O) groups is 1. The molecule has 2 aromatic rings. The van der Waals surface area contributed by atoms with Crippen LogP contribution in [0.25, 0.3) is 10.9 Å². The number of nitro groups is 1. The first-order valence-electron chi connectivity index (χ1n) is 6.04. The second-order valence-electron chi connectivity index (χ2n) is 4.70. The fourth-order valence-electron chi connectivity index (χ4n) is 1.93. The number of nitrogens with zero attached hydrogens (tertiary/aromatic N) is 2. The predicted octanol–water partition coefficient (Wildman–Crippen LogP) is 2.91. The minimum absolute atomic E-state index is 0.00802. The Hall–Kier alpha value is -2.30. The highest BCUT2D eigenvalue weighted by molar-refractivity contribution is 5.92. The van der Waals surface area contributed by atoms with Crippen LogP contribution in [0.3, 0.4) is 0 Å². The molecule has 0 aliphatic carbocycles. The Morgan fingerprint density at radius 1 is 1.37 bits per heavy atom. The van der Waals surface area contributed by atoms with E-state index in [-0.39, 0.29) is 23.8 Å². The third-order valence-electron chi connectivity index (χ3n) is 3.03. The molecule has 1 aromatic heterocycles. The Balaban J connectivity index is 2.58. The van der Waals surface area contributed by atoms with E-state index < -0.39 is 4.92 Å². The fraction of sp³-hybridized carbons (Fsp3) is 0.286. The summed E-state index contributed by atoms with van der Waals surface area (Å²) in [5.41, 5.74) is 0.999. The molecule has 0 amide bonds. The van der Waals surface area contributed by atoms with Crippen molar-refractivity contribution in [2.75, 3.05) is 0 Å². The molecule has 0 N–H and O–H groups in total. The lowest BCUT2D eigenvalue weighted by molar-refractivity contribution is -0.383. The zero-order valence-corrected chi connectivity index (χ0v) is 10.8. The number of hydrogen-bond donors (Lipinski definition) is 0. The zero-order valence-electron chi connectivity index (χ0n) is 10.8. The Labute approximate surface area is 110 Å². The summed E-state index contributed by atoms with van der Waals surface area (Å²) in [5.74, 6) is -0.143. The molecule has 0 saturated heterocycles. The van der Waals surface area contributed by atoms with Crippen LogP contribution < -0.4 is 0 Å². The normalized spacial score (nSPS) is 10.9. The molecular weight excluding hydrogens is 244 g/mol. The van der Waals surface area contributed by atoms with Gasteiger partial charge in [0.25, 0.3) is 5.69 Å². The number of nitro benzene ring substituents is 1. The zero-order chi connectivity index (χ0) is 14.0. The average Bonchev–Trinajstić information content (AvgIpc) is 2.37. The lowest BCUT2D eigenvalue weighted by Gasteiger charge is -2.07. The summed E-state index contributed by atoms with van der Waals surface area (Å²) < 4.78 is 0. The number of hydrogen-bond acceptors (Lipinski definition) is 4. The Morgan fingerprint density at radius 3 is 2.74 bits per heavy atom. The lowest BCUT2D eigenvalue weighted by atomic mass is 9.98. The third-order valence-corrected chi connectivity index (χ3v) is 3.03. The maximum absolute atomic E-state index is 11.8. The van der Waals surface area contributed by atoms with Gasteiger partial charge in [-0.25, -0.2) is 0 Å². The second-order valence-corrected chi connectivity index (χ2v) is 4.70. The largest absolute Gasteiger partial charge is 0.299 e. The molecule has 0 fully saturated rings. The monoisotopic (exact) mass is 258 g/mol. The minimum Gasteiger partial charge on any atom is -0.299 e. The number of Topliss-reactive ketones (excluding diaryl/α,β-unsaturated/α-hetero) is 1. The van der Waals surface area contributed by atoms with E-state index in [2.05, 4.69) is 4.98 Å². The van der Waals surface area contributed by atoms with Crippen molar-refractivity contribution < 1.29 is 9.72 Å². The average molecular weight is 258 g/mol. The second kappa shape index (κ2) is 5.14. The molecule has 5 heteroatoms. The van der Waals surface area contributed by atoms with Gasteiger partial charge in [-0.15, -0.1) is 0 Å². The number of rotatable bonds is 4. The Kier molecular flexibility index (Phi) is 3.55. The Bertz CT molecular complexity index is 650. The van der Waals surface area contributed by atoms with Crippen LogP contribution >= 0.6 is 0 Å². The molecular formula is C14H14N2O3. The van der Waals surface area contributed by atoms with Crippen LogP contribution in [-0.4, -0.2) is 15.7 Å². The molecule has 1 aromatic carbocycles. The molecule has 0 unspecified atom stereocenters. The molecule has 19 heavy (non-hydrogen) atoms. The van der Waals surface area contributed by atoms with Gasteiger partial charge >= 0.3 is 0 Å². The lowest BCUT2D eigenvalue weighted by Crippen LogP contribution is -2.11. The van der Waals surface area contributed by atoms with Crippen molar-refractivity contribution in [3.8, 4) is 0 Å². The van der Waals surface area contributed by atoms with E-state index in [4.69, 9.17) is 0 Å². The van der Waals surface area contributed by atoms with E-state index in [0.717, 1.165) is 0 Å². The van der Waals surface area contributed by atoms with Crippen molar-refractivity contribution in [2.45, 2.75) is 20.3 Å². The number of aromatic nitrogens is 1. The van der Waals surface area contributed by atoms with Gasteiger partial charge in [0.1, 0.15) is 5.78 Å². The maximum atomic E-state index is 11.8. The smallest absolute Gasteiger partial charge is 0.282 e. The molecule has 0 bridgehead atoms. The van der Waals surface area contributed by atoms with Gasteiger partial charge in [0.2, 0.25) is 0 Å². The van der Waals surface area contributed by atoms with Crippen molar-refractivity contribution in [3.05, 3.63) is 46.1 Å². The van der Waals surface area contributed by atoms with Gasteiger partial charge in [-0.2, -0.15) is 0 Å². The van der Waals surface area contributed by atoms with Crippen LogP contribution in [0.1, 0.15) is 19.4 Å². The summed E-state index contributed by atoms with van der Waals surface area (Å²) in [7, 11) is 0. The summed E-state index contributed by atoms with van der Waals surface area (Å²) in [6.07, 6.45) is 1.67. The molecule has 0 radical (unpaired) electrons.